The molecule has 0 aromatic rings. The van der Waals surface area contributed by atoms with Gasteiger partial charge >= 0.3 is 0 Å². The Morgan fingerprint density at radius 1 is 1.35 bits per heavy atom. The molecule has 2 N–H and O–H groups in total. The van der Waals surface area contributed by atoms with Gasteiger partial charge in [0.05, 0.1) is 0 Å². The van der Waals surface area contributed by atoms with Gasteiger partial charge in [-0.3, -0.25) is 0 Å². The van der Waals surface area contributed by atoms with Crippen molar-refractivity contribution in [3.63, 3.8) is 0 Å². The fraction of sp³-hybridized carbons (Fsp3) is 1.00. The monoisotopic (exact) mass is 258 g/mol. The molecule has 1 unspecified atom stereocenters. The standard InChI is InChI=1S/C14H30N2S/c1-3-5-13-6-4-9-16(10-7-13)12-14(15)8-11-17-2/h13-14H,3-12,15H2,1-2H3/t13?,14-/m0/s1. The number of nitrogens with two attached hydrogens (primary N) is 1. The van der Waals surface area contributed by atoms with Gasteiger partial charge in [-0.1, -0.05) is 19.8 Å². The minimum absolute atomic E-state index is 0.380. The SMILES string of the molecule is CCCC1CCCN(C[C@@H](N)CCSC)CC1. The molecule has 0 aromatic heterocycles. The highest BCUT2D eigenvalue weighted by molar-refractivity contribution is 7.98. The van der Waals surface area contributed by atoms with E-state index in [9.17, 15) is 0 Å². The molecular formula is C14H30N2S. The van der Waals surface area contributed by atoms with Gasteiger partial charge in [-0.2, -0.15) is 11.8 Å². The summed E-state index contributed by atoms with van der Waals surface area (Å²) in [7, 11) is 0. The summed E-state index contributed by atoms with van der Waals surface area (Å²) in [6.45, 7) is 5.96. The third-order valence-corrected chi connectivity index (χ3v) is 4.47. The van der Waals surface area contributed by atoms with Gasteiger partial charge in [0.15, 0.2) is 0 Å². The van der Waals surface area contributed by atoms with Crippen LogP contribution in [0.25, 0.3) is 0 Å². The van der Waals surface area contributed by atoms with Crippen molar-refractivity contribution in [2.24, 2.45) is 11.7 Å². The lowest BCUT2D eigenvalue weighted by Crippen LogP contribution is -2.38. The number of nitrogens with zero attached hydrogens (tertiary/aromatic N) is 1. The molecule has 0 saturated carbocycles. The molecule has 102 valence electrons. The first-order valence-corrected chi connectivity index (χ1v) is 8.62. The van der Waals surface area contributed by atoms with Crippen LogP contribution in [0.3, 0.4) is 0 Å². The molecular weight excluding hydrogens is 228 g/mol. The average molecular weight is 258 g/mol. The van der Waals surface area contributed by atoms with Crippen molar-refractivity contribution < 1.29 is 0 Å². The summed E-state index contributed by atoms with van der Waals surface area (Å²) in [4.78, 5) is 2.60. The van der Waals surface area contributed by atoms with Gasteiger partial charge in [0, 0.05) is 12.6 Å². The predicted molar refractivity (Wildman–Crippen MR) is 79.7 cm³/mol. The zero-order valence-electron chi connectivity index (χ0n) is 11.7. The number of likely N-dealkylation sites (tertiary alicyclic amines) is 1. The molecule has 0 aromatic carbocycles. The summed E-state index contributed by atoms with van der Waals surface area (Å²) >= 11 is 1.90. The van der Waals surface area contributed by atoms with Crippen molar-refractivity contribution in [2.75, 3.05) is 31.6 Å². The van der Waals surface area contributed by atoms with Gasteiger partial charge in [-0.15, -0.1) is 0 Å². The molecule has 0 bridgehead atoms. The molecule has 1 rings (SSSR count). The van der Waals surface area contributed by atoms with E-state index >= 15 is 0 Å². The Hall–Kier alpha value is 0.270. The zero-order chi connectivity index (χ0) is 12.5. The Labute approximate surface area is 112 Å². The molecule has 0 radical (unpaired) electrons. The summed E-state index contributed by atoms with van der Waals surface area (Å²) < 4.78 is 0. The van der Waals surface area contributed by atoms with E-state index in [4.69, 9.17) is 5.73 Å². The average Bonchev–Trinajstić information content (AvgIpc) is 2.53. The first-order valence-electron chi connectivity index (χ1n) is 7.23. The van der Waals surface area contributed by atoms with Crippen LogP contribution < -0.4 is 5.73 Å². The molecule has 0 aliphatic carbocycles. The molecule has 17 heavy (non-hydrogen) atoms. The second kappa shape index (κ2) is 9.23. The van der Waals surface area contributed by atoms with Crippen molar-refractivity contribution >= 4 is 11.8 Å². The third kappa shape index (κ3) is 6.68. The number of rotatable bonds is 7. The topological polar surface area (TPSA) is 29.3 Å². The van der Waals surface area contributed by atoms with Crippen molar-refractivity contribution in [1.29, 1.82) is 0 Å². The van der Waals surface area contributed by atoms with Crippen LogP contribution in [-0.2, 0) is 0 Å². The maximum absolute atomic E-state index is 6.18. The van der Waals surface area contributed by atoms with Crippen molar-refractivity contribution in [2.45, 2.75) is 51.5 Å². The summed E-state index contributed by atoms with van der Waals surface area (Å²) in [5, 5.41) is 0. The highest BCUT2D eigenvalue weighted by Crippen LogP contribution is 2.21. The summed E-state index contributed by atoms with van der Waals surface area (Å²) in [5.41, 5.74) is 6.18. The van der Waals surface area contributed by atoms with Gasteiger partial charge in [-0.05, 0) is 56.7 Å². The van der Waals surface area contributed by atoms with E-state index in [1.165, 1.54) is 50.9 Å². The third-order valence-electron chi connectivity index (χ3n) is 3.82. The van der Waals surface area contributed by atoms with Gasteiger partial charge in [0.2, 0.25) is 0 Å². The maximum atomic E-state index is 6.18. The minimum Gasteiger partial charge on any atom is -0.327 e. The molecule has 1 saturated heterocycles. The van der Waals surface area contributed by atoms with Gasteiger partial charge in [-0.25, -0.2) is 0 Å². The first-order chi connectivity index (χ1) is 8.26. The second-order valence-electron chi connectivity index (χ2n) is 5.43. The van der Waals surface area contributed by atoms with E-state index in [0.717, 1.165) is 18.9 Å². The minimum atomic E-state index is 0.380. The maximum Gasteiger partial charge on any atom is 0.0175 e. The Morgan fingerprint density at radius 2 is 2.18 bits per heavy atom. The second-order valence-corrected chi connectivity index (χ2v) is 6.41. The van der Waals surface area contributed by atoms with Gasteiger partial charge in [0.25, 0.3) is 0 Å². The fourth-order valence-electron chi connectivity index (χ4n) is 2.80. The van der Waals surface area contributed by atoms with Crippen LogP contribution in [-0.4, -0.2) is 42.6 Å². The molecule has 3 heteroatoms. The summed E-state index contributed by atoms with van der Waals surface area (Å²) in [5.74, 6) is 2.18. The van der Waals surface area contributed by atoms with Crippen LogP contribution in [0.5, 0.6) is 0 Å². The Bertz CT molecular complexity index is 187. The van der Waals surface area contributed by atoms with Crippen LogP contribution in [0.1, 0.15) is 45.4 Å². The van der Waals surface area contributed by atoms with Gasteiger partial charge in [0.1, 0.15) is 0 Å². The lowest BCUT2D eigenvalue weighted by molar-refractivity contribution is 0.260. The number of hydrogen-bond acceptors (Lipinski definition) is 3. The molecule has 2 atom stereocenters. The van der Waals surface area contributed by atoms with Crippen LogP contribution in [0.4, 0.5) is 0 Å². The largest absolute Gasteiger partial charge is 0.327 e. The zero-order valence-corrected chi connectivity index (χ0v) is 12.5. The summed E-state index contributed by atoms with van der Waals surface area (Å²) in [6.07, 6.45) is 10.3. The first kappa shape index (κ1) is 15.3. The lowest BCUT2D eigenvalue weighted by Gasteiger charge is -2.24. The Balaban J connectivity index is 2.21. The smallest absolute Gasteiger partial charge is 0.0175 e. The van der Waals surface area contributed by atoms with Crippen molar-refractivity contribution in [3.8, 4) is 0 Å². The van der Waals surface area contributed by atoms with E-state index in [1.807, 2.05) is 11.8 Å². The quantitative estimate of drug-likeness (QED) is 0.761. The van der Waals surface area contributed by atoms with Crippen LogP contribution in [0.2, 0.25) is 0 Å². The van der Waals surface area contributed by atoms with Crippen molar-refractivity contribution in [1.82, 2.24) is 4.90 Å². The van der Waals surface area contributed by atoms with Crippen molar-refractivity contribution in [3.05, 3.63) is 0 Å². The van der Waals surface area contributed by atoms with Crippen LogP contribution >= 0.6 is 11.8 Å². The molecule has 1 heterocycles. The Kier molecular flexibility index (Phi) is 8.33. The van der Waals surface area contributed by atoms with Crippen LogP contribution in [0, 0.1) is 5.92 Å². The molecule has 2 nitrogen and oxygen atoms in total. The van der Waals surface area contributed by atoms with E-state index in [-0.39, 0.29) is 0 Å². The number of hydrogen-bond donors (Lipinski definition) is 1. The van der Waals surface area contributed by atoms with E-state index < -0.39 is 0 Å². The highest BCUT2D eigenvalue weighted by Gasteiger charge is 2.17. The van der Waals surface area contributed by atoms with Crippen LogP contribution in [0.15, 0.2) is 0 Å². The highest BCUT2D eigenvalue weighted by atomic mass is 32.2. The molecule has 0 spiro atoms. The molecule has 0 amide bonds. The molecule has 1 aliphatic heterocycles. The predicted octanol–water partition coefficient (Wildman–Crippen LogP) is 2.97. The van der Waals surface area contributed by atoms with E-state index in [1.54, 1.807) is 0 Å². The molecule has 1 aliphatic rings. The Morgan fingerprint density at radius 3 is 2.88 bits per heavy atom. The van der Waals surface area contributed by atoms with Gasteiger partial charge < -0.3 is 10.6 Å². The summed E-state index contributed by atoms with van der Waals surface area (Å²) in [6, 6.07) is 0.380. The normalized spacial score (nSPS) is 24.5. The number of thioether (sulfide) groups is 1. The fourth-order valence-corrected chi connectivity index (χ4v) is 3.33. The van der Waals surface area contributed by atoms with E-state index in [0.29, 0.717) is 6.04 Å². The van der Waals surface area contributed by atoms with E-state index in [2.05, 4.69) is 18.1 Å². The lowest BCUT2D eigenvalue weighted by atomic mass is 9.96. The molecule has 1 fully saturated rings.